The molecule has 172 valence electrons. The molecule has 0 unspecified atom stereocenters. The van der Waals surface area contributed by atoms with E-state index in [1.165, 1.54) is 23.4 Å². The van der Waals surface area contributed by atoms with E-state index in [2.05, 4.69) is 45.3 Å². The normalized spacial score (nSPS) is 13.5. The van der Waals surface area contributed by atoms with Gasteiger partial charge in [0.05, 0.1) is 6.20 Å². The number of benzene rings is 1. The first kappa shape index (κ1) is 22.1. The molecule has 1 aromatic carbocycles. The number of aryl methyl sites for hydroxylation is 1. The van der Waals surface area contributed by atoms with Crippen LogP contribution in [0.25, 0.3) is 5.65 Å². The number of pyridine rings is 1. The summed E-state index contributed by atoms with van der Waals surface area (Å²) in [5, 5.41) is 11.1. The first-order valence-corrected chi connectivity index (χ1v) is 11.7. The lowest BCUT2D eigenvalue weighted by Gasteiger charge is -2.25. The van der Waals surface area contributed by atoms with E-state index >= 15 is 0 Å². The van der Waals surface area contributed by atoms with Crippen molar-refractivity contribution in [3.63, 3.8) is 0 Å². The summed E-state index contributed by atoms with van der Waals surface area (Å²) in [5.74, 6) is 0.956. The summed E-state index contributed by atoms with van der Waals surface area (Å²) < 4.78 is 1.69. The van der Waals surface area contributed by atoms with Gasteiger partial charge in [0.15, 0.2) is 10.8 Å². The standard InChI is InChI=1S/C24H24N8OS/c1-4-21(33)26-17-6-5-7-18(13-17)34-24-30-23(28-20-8-10-25-32(20)24)29-22-15(2)12-16-14-31(3)11-9-19(16)27-22/h4-8,10,12-13H,1,9,11,14H2,2-3H3,(H,26,33)(H,27,28,29). The van der Waals surface area contributed by atoms with Crippen LogP contribution in [0.3, 0.4) is 0 Å². The summed E-state index contributed by atoms with van der Waals surface area (Å²) >= 11 is 1.43. The van der Waals surface area contributed by atoms with Gasteiger partial charge < -0.3 is 15.5 Å². The highest BCUT2D eigenvalue weighted by molar-refractivity contribution is 7.99. The molecular formula is C24H24N8OS. The fraction of sp³-hybridized carbons (Fsp3) is 0.208. The van der Waals surface area contributed by atoms with Gasteiger partial charge in [0.2, 0.25) is 11.9 Å². The molecule has 1 amide bonds. The van der Waals surface area contributed by atoms with Crippen molar-refractivity contribution in [1.29, 1.82) is 0 Å². The molecule has 0 aliphatic carbocycles. The van der Waals surface area contributed by atoms with E-state index in [9.17, 15) is 4.79 Å². The zero-order chi connectivity index (χ0) is 23.7. The zero-order valence-corrected chi connectivity index (χ0v) is 19.8. The Morgan fingerprint density at radius 3 is 2.94 bits per heavy atom. The van der Waals surface area contributed by atoms with Crippen molar-refractivity contribution in [3.05, 3.63) is 72.1 Å². The van der Waals surface area contributed by atoms with Gasteiger partial charge in [0, 0.05) is 41.9 Å². The Kier molecular flexibility index (Phi) is 5.99. The van der Waals surface area contributed by atoms with Crippen LogP contribution in [0.4, 0.5) is 17.5 Å². The van der Waals surface area contributed by atoms with E-state index < -0.39 is 0 Å². The average molecular weight is 473 g/mol. The largest absolute Gasteiger partial charge is 0.322 e. The monoisotopic (exact) mass is 472 g/mol. The number of anilines is 3. The smallest absolute Gasteiger partial charge is 0.247 e. The lowest BCUT2D eigenvalue weighted by Crippen LogP contribution is -2.27. The van der Waals surface area contributed by atoms with Crippen LogP contribution in [0.15, 0.2) is 65.3 Å². The molecule has 0 bridgehead atoms. The number of aromatic nitrogens is 5. The second-order valence-corrected chi connectivity index (χ2v) is 9.17. The Bertz CT molecular complexity index is 1400. The first-order valence-electron chi connectivity index (χ1n) is 10.9. The molecule has 0 saturated heterocycles. The number of hydrogen-bond donors (Lipinski definition) is 2. The van der Waals surface area contributed by atoms with Crippen LogP contribution in [0.2, 0.25) is 0 Å². The molecule has 0 atom stereocenters. The number of hydrogen-bond acceptors (Lipinski definition) is 8. The van der Waals surface area contributed by atoms with Crippen molar-refractivity contribution in [2.75, 3.05) is 24.2 Å². The lowest BCUT2D eigenvalue weighted by molar-refractivity contribution is -0.111. The summed E-state index contributed by atoms with van der Waals surface area (Å²) in [6.07, 6.45) is 3.85. The highest BCUT2D eigenvalue weighted by Crippen LogP contribution is 2.30. The minimum atomic E-state index is -0.260. The Hall–Kier alpha value is -3.76. The second kappa shape index (κ2) is 9.24. The predicted molar refractivity (Wildman–Crippen MR) is 132 cm³/mol. The Labute approximate surface area is 201 Å². The molecular weight excluding hydrogens is 448 g/mol. The molecule has 34 heavy (non-hydrogen) atoms. The van der Waals surface area contributed by atoms with Crippen molar-refractivity contribution >= 4 is 40.8 Å². The maximum atomic E-state index is 11.7. The molecule has 0 spiro atoms. The average Bonchev–Trinajstić information content (AvgIpc) is 3.29. The third-order valence-corrected chi connectivity index (χ3v) is 6.44. The van der Waals surface area contributed by atoms with Gasteiger partial charge in [-0.2, -0.15) is 19.6 Å². The molecule has 0 saturated carbocycles. The SMILES string of the molecule is C=CC(=O)Nc1cccc(Sc2nc(Nc3nc4c(cc3C)CN(C)CC4)nc3ccnn23)c1. The van der Waals surface area contributed by atoms with E-state index in [1.807, 2.05) is 37.3 Å². The highest BCUT2D eigenvalue weighted by Gasteiger charge is 2.18. The molecule has 10 heteroatoms. The summed E-state index contributed by atoms with van der Waals surface area (Å²) in [6, 6.07) is 11.6. The quantitative estimate of drug-likeness (QED) is 0.409. The predicted octanol–water partition coefficient (Wildman–Crippen LogP) is 3.83. The summed E-state index contributed by atoms with van der Waals surface area (Å²) in [7, 11) is 2.13. The minimum absolute atomic E-state index is 0.260. The van der Waals surface area contributed by atoms with Gasteiger partial charge in [-0.05, 0) is 67.2 Å². The lowest BCUT2D eigenvalue weighted by atomic mass is 10.0. The van der Waals surface area contributed by atoms with E-state index in [0.29, 0.717) is 22.4 Å². The molecule has 1 aliphatic rings. The number of fused-ring (bicyclic) bond motifs is 2. The zero-order valence-electron chi connectivity index (χ0n) is 18.9. The summed E-state index contributed by atoms with van der Waals surface area (Å²) in [5.41, 5.74) is 4.78. The Balaban J connectivity index is 1.45. The van der Waals surface area contributed by atoms with E-state index in [1.54, 1.807) is 10.7 Å². The van der Waals surface area contributed by atoms with Crippen molar-refractivity contribution in [1.82, 2.24) is 29.5 Å². The molecule has 2 N–H and O–H groups in total. The van der Waals surface area contributed by atoms with Crippen LogP contribution in [-0.4, -0.2) is 49.0 Å². The van der Waals surface area contributed by atoms with Crippen LogP contribution < -0.4 is 10.6 Å². The number of rotatable bonds is 6. The van der Waals surface area contributed by atoms with Crippen LogP contribution in [0.5, 0.6) is 0 Å². The second-order valence-electron chi connectivity index (χ2n) is 8.13. The number of carbonyl (C=O) groups is 1. The Morgan fingerprint density at radius 2 is 2.09 bits per heavy atom. The summed E-state index contributed by atoms with van der Waals surface area (Å²) in [6.45, 7) is 7.44. The maximum absolute atomic E-state index is 11.7. The first-order chi connectivity index (χ1) is 16.5. The van der Waals surface area contributed by atoms with Crippen LogP contribution in [-0.2, 0) is 17.8 Å². The highest BCUT2D eigenvalue weighted by atomic mass is 32.2. The van der Waals surface area contributed by atoms with Crippen LogP contribution in [0, 0.1) is 6.92 Å². The maximum Gasteiger partial charge on any atom is 0.247 e. The molecule has 5 rings (SSSR count). The van der Waals surface area contributed by atoms with Gasteiger partial charge in [-0.15, -0.1) is 0 Å². The van der Waals surface area contributed by atoms with Gasteiger partial charge >= 0.3 is 0 Å². The van der Waals surface area contributed by atoms with Gasteiger partial charge in [-0.25, -0.2) is 4.98 Å². The van der Waals surface area contributed by atoms with Gasteiger partial charge in [-0.3, -0.25) is 4.79 Å². The minimum Gasteiger partial charge on any atom is -0.322 e. The molecule has 1 aliphatic heterocycles. The van der Waals surface area contributed by atoms with E-state index in [-0.39, 0.29) is 5.91 Å². The van der Waals surface area contributed by atoms with Crippen molar-refractivity contribution in [2.24, 2.45) is 0 Å². The third-order valence-electron chi connectivity index (χ3n) is 5.50. The summed E-state index contributed by atoms with van der Waals surface area (Å²) in [4.78, 5) is 29.1. The number of carbonyl (C=O) groups excluding carboxylic acids is 1. The molecule has 4 aromatic rings. The Morgan fingerprint density at radius 1 is 1.21 bits per heavy atom. The van der Waals surface area contributed by atoms with E-state index in [4.69, 9.17) is 9.97 Å². The number of nitrogens with one attached hydrogen (secondary N) is 2. The fourth-order valence-electron chi connectivity index (χ4n) is 3.82. The van der Waals surface area contributed by atoms with E-state index in [0.717, 1.165) is 41.5 Å². The third kappa shape index (κ3) is 4.63. The molecule has 9 nitrogen and oxygen atoms in total. The van der Waals surface area contributed by atoms with Gasteiger partial charge in [-0.1, -0.05) is 12.6 Å². The molecule has 3 aromatic heterocycles. The van der Waals surface area contributed by atoms with Gasteiger partial charge in [0.1, 0.15) is 5.82 Å². The van der Waals surface area contributed by atoms with Crippen molar-refractivity contribution in [3.8, 4) is 0 Å². The molecule has 4 heterocycles. The molecule has 0 radical (unpaired) electrons. The van der Waals surface area contributed by atoms with Crippen molar-refractivity contribution < 1.29 is 4.79 Å². The van der Waals surface area contributed by atoms with Crippen molar-refractivity contribution in [2.45, 2.75) is 29.9 Å². The topological polar surface area (TPSA) is 100 Å². The van der Waals surface area contributed by atoms with Crippen LogP contribution in [0.1, 0.15) is 16.8 Å². The number of likely N-dealkylation sites (N-methyl/N-ethyl adjacent to an activating group) is 1. The van der Waals surface area contributed by atoms with Crippen LogP contribution >= 0.6 is 11.8 Å². The van der Waals surface area contributed by atoms with Gasteiger partial charge in [0.25, 0.3) is 0 Å². The molecule has 0 fully saturated rings. The fourth-order valence-corrected chi connectivity index (χ4v) is 4.72. The number of nitrogens with zero attached hydrogens (tertiary/aromatic N) is 6. The number of amides is 1.